The average molecular weight is 313 g/mol. The minimum Gasteiger partial charge on any atom is -0.444 e. The molecule has 2 atom stereocenters. The van der Waals surface area contributed by atoms with Crippen molar-refractivity contribution in [3.63, 3.8) is 0 Å². The number of carbonyl (C=O) groups is 1. The van der Waals surface area contributed by atoms with Crippen LogP contribution in [0.2, 0.25) is 0 Å². The van der Waals surface area contributed by atoms with Crippen molar-refractivity contribution in [1.29, 1.82) is 0 Å². The first-order chi connectivity index (χ1) is 9.24. The molecule has 0 unspecified atom stereocenters. The second-order valence-electron chi connectivity index (χ2n) is 6.56. The molecule has 0 aromatic carbocycles. The van der Waals surface area contributed by atoms with Crippen molar-refractivity contribution < 1.29 is 32.5 Å². The van der Waals surface area contributed by atoms with Gasteiger partial charge >= 0.3 is 12.3 Å². The molecule has 5 nitrogen and oxygen atoms in total. The summed E-state index contributed by atoms with van der Waals surface area (Å²) >= 11 is 0. The highest BCUT2D eigenvalue weighted by molar-refractivity contribution is 5.69. The lowest BCUT2D eigenvalue weighted by atomic mass is 10.1. The van der Waals surface area contributed by atoms with Gasteiger partial charge in [-0.15, -0.1) is 0 Å². The summed E-state index contributed by atoms with van der Waals surface area (Å²) in [6.07, 6.45) is -8.65. The summed E-state index contributed by atoms with van der Waals surface area (Å²) in [6, 6.07) is -0.897. The van der Waals surface area contributed by atoms with Gasteiger partial charge in [0.2, 0.25) is 0 Å². The zero-order chi connectivity index (χ0) is 16.6. The maximum Gasteiger partial charge on any atom is 0.414 e. The van der Waals surface area contributed by atoms with Crippen LogP contribution in [0.15, 0.2) is 0 Å². The van der Waals surface area contributed by atoms with Crippen LogP contribution < -0.4 is 0 Å². The van der Waals surface area contributed by atoms with Gasteiger partial charge in [-0.25, -0.2) is 4.79 Å². The monoisotopic (exact) mass is 313 g/mol. The van der Waals surface area contributed by atoms with Gasteiger partial charge in [0.15, 0.2) is 6.10 Å². The third kappa shape index (κ3) is 4.74. The van der Waals surface area contributed by atoms with E-state index in [4.69, 9.17) is 9.47 Å². The van der Waals surface area contributed by atoms with Crippen LogP contribution in [0.4, 0.5) is 18.0 Å². The summed E-state index contributed by atoms with van der Waals surface area (Å²) in [6.45, 7) is 8.03. The van der Waals surface area contributed by atoms with Gasteiger partial charge in [-0.05, 0) is 34.6 Å². The summed E-state index contributed by atoms with van der Waals surface area (Å²) in [7, 11) is 0. The normalized spacial score (nSPS) is 24.0. The first-order valence-electron chi connectivity index (χ1n) is 6.65. The lowest BCUT2D eigenvalue weighted by Gasteiger charge is -2.35. The largest absolute Gasteiger partial charge is 0.444 e. The molecule has 0 bridgehead atoms. The fourth-order valence-corrected chi connectivity index (χ4v) is 2.13. The Hall–Kier alpha value is -1.02. The number of amides is 1. The van der Waals surface area contributed by atoms with E-state index in [9.17, 15) is 23.1 Å². The Morgan fingerprint density at radius 2 is 1.95 bits per heavy atom. The predicted molar refractivity (Wildman–Crippen MR) is 68.6 cm³/mol. The summed E-state index contributed by atoms with van der Waals surface area (Å²) < 4.78 is 48.0. The van der Waals surface area contributed by atoms with Crippen molar-refractivity contribution >= 4 is 6.09 Å². The Bertz CT molecular complexity index is 390. The summed E-state index contributed by atoms with van der Waals surface area (Å²) in [5.41, 5.74) is -1.86. The molecular formula is C13H22F3NO4. The van der Waals surface area contributed by atoms with Crippen molar-refractivity contribution in [2.45, 2.75) is 70.7 Å². The smallest absolute Gasteiger partial charge is 0.414 e. The number of aliphatic hydroxyl groups is 1. The molecule has 0 aromatic heterocycles. The van der Waals surface area contributed by atoms with Crippen molar-refractivity contribution in [2.75, 3.05) is 6.61 Å². The number of hydrogen-bond donors (Lipinski definition) is 1. The minimum absolute atomic E-state index is 0.0839. The van der Waals surface area contributed by atoms with Gasteiger partial charge in [-0.3, -0.25) is 4.90 Å². The first kappa shape index (κ1) is 18.0. The Balaban J connectivity index is 2.87. The van der Waals surface area contributed by atoms with Crippen molar-refractivity contribution in [3.8, 4) is 0 Å². The number of hydrogen-bond acceptors (Lipinski definition) is 4. The topological polar surface area (TPSA) is 59.0 Å². The third-order valence-electron chi connectivity index (χ3n) is 3.04. The van der Waals surface area contributed by atoms with Crippen LogP contribution in [-0.4, -0.2) is 52.4 Å². The van der Waals surface area contributed by atoms with Gasteiger partial charge in [0.05, 0.1) is 12.6 Å². The van der Waals surface area contributed by atoms with Gasteiger partial charge in [0.1, 0.15) is 11.3 Å². The molecule has 1 fully saturated rings. The van der Waals surface area contributed by atoms with E-state index in [1.807, 2.05) is 0 Å². The van der Waals surface area contributed by atoms with Gasteiger partial charge in [0, 0.05) is 6.42 Å². The Labute approximate surface area is 122 Å². The maximum atomic E-state index is 12.5. The minimum atomic E-state index is -4.73. The fraction of sp³-hybridized carbons (Fsp3) is 0.923. The van der Waals surface area contributed by atoms with E-state index in [1.54, 1.807) is 34.6 Å². The van der Waals surface area contributed by atoms with Gasteiger partial charge in [0.25, 0.3) is 0 Å². The van der Waals surface area contributed by atoms with Crippen LogP contribution in [0, 0.1) is 0 Å². The summed E-state index contributed by atoms with van der Waals surface area (Å²) in [5.74, 6) is 0. The lowest BCUT2D eigenvalue weighted by Crippen LogP contribution is -2.51. The molecule has 1 heterocycles. The number of halogens is 3. The van der Waals surface area contributed by atoms with Crippen LogP contribution in [0.25, 0.3) is 0 Å². The van der Waals surface area contributed by atoms with Crippen LogP contribution in [0.1, 0.15) is 41.0 Å². The number of rotatable bonds is 2. The highest BCUT2D eigenvalue weighted by Crippen LogP contribution is 2.33. The number of aliphatic hydroxyl groups excluding tert-OH is 1. The van der Waals surface area contributed by atoms with Crippen molar-refractivity contribution in [2.24, 2.45) is 0 Å². The van der Waals surface area contributed by atoms with E-state index in [1.165, 1.54) is 0 Å². The van der Waals surface area contributed by atoms with Crippen molar-refractivity contribution in [1.82, 2.24) is 4.90 Å². The number of ether oxygens (including phenoxy) is 2. The second kappa shape index (κ2) is 5.64. The number of carbonyl (C=O) groups excluding carboxylic acids is 1. The molecule has 1 amide bonds. The molecular weight excluding hydrogens is 291 g/mol. The summed E-state index contributed by atoms with van der Waals surface area (Å²) in [5, 5.41) is 9.19. The Morgan fingerprint density at radius 3 is 2.38 bits per heavy atom. The van der Waals surface area contributed by atoms with Gasteiger partial charge in [-0.2, -0.15) is 13.2 Å². The zero-order valence-electron chi connectivity index (χ0n) is 12.8. The molecule has 0 spiro atoms. The highest BCUT2D eigenvalue weighted by atomic mass is 19.4. The van der Waals surface area contributed by atoms with E-state index in [0.717, 1.165) is 4.90 Å². The number of nitrogens with zero attached hydrogens (tertiary/aromatic N) is 1. The van der Waals surface area contributed by atoms with E-state index in [0.29, 0.717) is 0 Å². The molecule has 1 N–H and O–H groups in total. The SMILES string of the molecule is CC(C)(C)OC(=O)N1[C@@H](C[C@@H](O)C(F)(F)F)COC1(C)C. The van der Waals surface area contributed by atoms with E-state index < -0.39 is 42.2 Å². The van der Waals surface area contributed by atoms with Crippen molar-refractivity contribution in [3.05, 3.63) is 0 Å². The van der Waals surface area contributed by atoms with Gasteiger partial charge in [-0.1, -0.05) is 0 Å². The van der Waals surface area contributed by atoms with Crippen LogP contribution in [-0.2, 0) is 9.47 Å². The van der Waals surface area contributed by atoms with Crippen LogP contribution >= 0.6 is 0 Å². The molecule has 0 aromatic rings. The van der Waals surface area contributed by atoms with E-state index in [-0.39, 0.29) is 6.61 Å². The number of alkyl halides is 3. The average Bonchev–Trinajstić information content (AvgIpc) is 2.49. The molecule has 0 aliphatic carbocycles. The summed E-state index contributed by atoms with van der Waals surface area (Å²) in [4.78, 5) is 13.3. The van der Waals surface area contributed by atoms with E-state index in [2.05, 4.69) is 0 Å². The van der Waals surface area contributed by atoms with E-state index >= 15 is 0 Å². The van der Waals surface area contributed by atoms with Crippen LogP contribution in [0.3, 0.4) is 0 Å². The second-order valence-corrected chi connectivity index (χ2v) is 6.56. The third-order valence-corrected chi connectivity index (χ3v) is 3.04. The Kier molecular flexibility index (Phi) is 4.84. The molecule has 0 saturated carbocycles. The van der Waals surface area contributed by atoms with Crippen LogP contribution in [0.5, 0.6) is 0 Å². The molecule has 1 rings (SSSR count). The quantitative estimate of drug-likeness (QED) is 0.851. The zero-order valence-corrected chi connectivity index (χ0v) is 12.8. The molecule has 1 saturated heterocycles. The standard InChI is InChI=1S/C13H22F3NO4/c1-11(2,3)21-10(19)17-8(7-20-12(17,4)5)6-9(18)13(14,15)16/h8-9,18H,6-7H2,1-5H3/t8-,9+/m0/s1. The predicted octanol–water partition coefficient (Wildman–Crippen LogP) is 2.67. The lowest BCUT2D eigenvalue weighted by molar-refractivity contribution is -0.208. The molecule has 1 aliphatic heterocycles. The maximum absolute atomic E-state index is 12.5. The molecule has 8 heteroatoms. The highest BCUT2D eigenvalue weighted by Gasteiger charge is 2.49. The fourth-order valence-electron chi connectivity index (χ4n) is 2.13. The molecule has 124 valence electrons. The first-order valence-corrected chi connectivity index (χ1v) is 6.65. The molecule has 21 heavy (non-hydrogen) atoms. The molecule has 1 aliphatic rings. The molecule has 0 radical (unpaired) electrons. The van der Waals surface area contributed by atoms with Gasteiger partial charge < -0.3 is 14.6 Å². The Morgan fingerprint density at radius 1 is 1.43 bits per heavy atom.